The van der Waals surface area contributed by atoms with Crippen molar-refractivity contribution in [2.24, 2.45) is 0 Å². The lowest BCUT2D eigenvalue weighted by Gasteiger charge is -2.17. The van der Waals surface area contributed by atoms with Gasteiger partial charge >= 0.3 is 6.18 Å². The molecule has 142 valence electrons. The molecule has 1 aliphatic carbocycles. The molecule has 26 heavy (non-hydrogen) atoms. The summed E-state index contributed by atoms with van der Waals surface area (Å²) in [5.41, 5.74) is -0.786. The highest BCUT2D eigenvalue weighted by atomic mass is 35.5. The van der Waals surface area contributed by atoms with Gasteiger partial charge in [0.25, 0.3) is 0 Å². The standard InChI is InChI=1S/C18H20ClF3N2O2/c1-11(17(26)24-13-4-2-3-5-13)23-16(25)9-7-12-6-8-15(19)14(10-12)18(20,21)22/h6-11,13H,2-5H2,1H3,(H,23,25)(H,24,26)/b9-7+/t11-/m1/s1. The van der Waals surface area contributed by atoms with E-state index in [0.717, 1.165) is 43.9 Å². The Labute approximate surface area is 154 Å². The summed E-state index contributed by atoms with van der Waals surface area (Å²) in [6.45, 7) is 1.56. The van der Waals surface area contributed by atoms with E-state index < -0.39 is 28.7 Å². The Bertz CT molecular complexity index is 698. The van der Waals surface area contributed by atoms with Crippen molar-refractivity contribution in [1.82, 2.24) is 10.6 Å². The van der Waals surface area contributed by atoms with E-state index in [0.29, 0.717) is 0 Å². The molecular formula is C18H20ClF3N2O2. The first kappa shape index (κ1) is 20.3. The number of carbonyl (C=O) groups is 2. The normalized spacial score (nSPS) is 16.7. The van der Waals surface area contributed by atoms with Crippen LogP contribution in [0.4, 0.5) is 13.2 Å². The summed E-state index contributed by atoms with van der Waals surface area (Å²) >= 11 is 5.55. The van der Waals surface area contributed by atoms with E-state index >= 15 is 0 Å². The number of halogens is 4. The lowest BCUT2D eigenvalue weighted by atomic mass is 10.1. The van der Waals surface area contributed by atoms with Crippen molar-refractivity contribution in [2.75, 3.05) is 0 Å². The van der Waals surface area contributed by atoms with Crippen LogP contribution >= 0.6 is 11.6 Å². The van der Waals surface area contributed by atoms with Crippen molar-refractivity contribution < 1.29 is 22.8 Å². The number of rotatable bonds is 5. The van der Waals surface area contributed by atoms with Gasteiger partial charge in [0.1, 0.15) is 6.04 Å². The zero-order chi connectivity index (χ0) is 19.3. The minimum Gasteiger partial charge on any atom is -0.352 e. The Balaban J connectivity index is 1.93. The fraction of sp³-hybridized carbons (Fsp3) is 0.444. The largest absolute Gasteiger partial charge is 0.417 e. The van der Waals surface area contributed by atoms with E-state index in [1.165, 1.54) is 12.1 Å². The summed E-state index contributed by atoms with van der Waals surface area (Å²) in [6, 6.07) is 2.77. The van der Waals surface area contributed by atoms with Gasteiger partial charge in [-0.3, -0.25) is 9.59 Å². The molecule has 0 aliphatic heterocycles. The molecule has 2 amide bonds. The molecule has 0 radical (unpaired) electrons. The van der Waals surface area contributed by atoms with Gasteiger partial charge in [0.05, 0.1) is 10.6 Å². The molecule has 1 aromatic rings. The molecule has 0 spiro atoms. The molecule has 1 saturated carbocycles. The van der Waals surface area contributed by atoms with E-state index in [1.54, 1.807) is 6.92 Å². The van der Waals surface area contributed by atoms with Gasteiger partial charge in [0.2, 0.25) is 11.8 Å². The van der Waals surface area contributed by atoms with Gasteiger partial charge in [-0.25, -0.2) is 0 Å². The fourth-order valence-electron chi connectivity index (χ4n) is 2.76. The van der Waals surface area contributed by atoms with E-state index in [-0.39, 0.29) is 17.5 Å². The summed E-state index contributed by atoms with van der Waals surface area (Å²) in [4.78, 5) is 23.9. The second-order valence-electron chi connectivity index (χ2n) is 6.29. The lowest BCUT2D eigenvalue weighted by Crippen LogP contribution is -2.47. The van der Waals surface area contributed by atoms with Crippen LogP contribution in [0.15, 0.2) is 24.3 Å². The maximum atomic E-state index is 12.8. The number of carbonyl (C=O) groups excluding carboxylic acids is 2. The average molecular weight is 389 g/mol. The predicted molar refractivity (Wildman–Crippen MR) is 93.5 cm³/mol. The number of nitrogens with one attached hydrogen (secondary N) is 2. The molecule has 2 N–H and O–H groups in total. The number of alkyl halides is 3. The first-order valence-corrected chi connectivity index (χ1v) is 8.70. The summed E-state index contributed by atoms with van der Waals surface area (Å²) in [6.07, 6.45) is 1.78. The molecule has 1 aromatic carbocycles. The fourth-order valence-corrected chi connectivity index (χ4v) is 2.98. The Kier molecular flexibility index (Phi) is 6.69. The van der Waals surface area contributed by atoms with Crippen LogP contribution < -0.4 is 10.6 Å². The third kappa shape index (κ3) is 5.76. The Morgan fingerprint density at radius 2 is 1.92 bits per heavy atom. The second kappa shape index (κ2) is 8.58. The zero-order valence-electron chi connectivity index (χ0n) is 14.2. The van der Waals surface area contributed by atoms with Crippen molar-refractivity contribution in [3.05, 3.63) is 40.4 Å². The first-order valence-electron chi connectivity index (χ1n) is 8.32. The Morgan fingerprint density at radius 1 is 1.27 bits per heavy atom. The molecule has 0 unspecified atom stereocenters. The van der Waals surface area contributed by atoms with Gasteiger partial charge in [0, 0.05) is 12.1 Å². The van der Waals surface area contributed by atoms with E-state index in [4.69, 9.17) is 11.6 Å². The van der Waals surface area contributed by atoms with Crippen LogP contribution in [0.2, 0.25) is 5.02 Å². The SMILES string of the molecule is C[C@@H](NC(=O)/C=C/c1ccc(Cl)c(C(F)(F)F)c1)C(=O)NC1CCCC1. The third-order valence-electron chi connectivity index (χ3n) is 4.18. The van der Waals surface area contributed by atoms with Crippen molar-refractivity contribution in [3.63, 3.8) is 0 Å². The molecule has 4 nitrogen and oxygen atoms in total. The molecule has 1 aliphatic rings. The molecule has 0 aromatic heterocycles. The van der Waals surface area contributed by atoms with E-state index in [1.807, 2.05) is 0 Å². The molecule has 1 fully saturated rings. The van der Waals surface area contributed by atoms with E-state index in [2.05, 4.69) is 10.6 Å². The number of amides is 2. The van der Waals surface area contributed by atoms with Crippen LogP contribution in [-0.4, -0.2) is 23.9 Å². The van der Waals surface area contributed by atoms with Gasteiger partial charge in [-0.1, -0.05) is 30.5 Å². The quantitative estimate of drug-likeness (QED) is 0.751. The molecule has 0 heterocycles. The highest BCUT2D eigenvalue weighted by Gasteiger charge is 2.33. The monoisotopic (exact) mass is 388 g/mol. The smallest absolute Gasteiger partial charge is 0.352 e. The highest BCUT2D eigenvalue weighted by molar-refractivity contribution is 6.31. The summed E-state index contributed by atoms with van der Waals surface area (Å²) < 4.78 is 38.5. The van der Waals surface area contributed by atoms with Gasteiger partial charge in [-0.05, 0) is 43.5 Å². The van der Waals surface area contributed by atoms with Crippen LogP contribution in [0, 0.1) is 0 Å². The van der Waals surface area contributed by atoms with Crippen molar-refractivity contribution in [1.29, 1.82) is 0 Å². The lowest BCUT2D eigenvalue weighted by molar-refractivity contribution is -0.137. The third-order valence-corrected chi connectivity index (χ3v) is 4.51. The Morgan fingerprint density at radius 3 is 2.54 bits per heavy atom. The van der Waals surface area contributed by atoms with E-state index in [9.17, 15) is 22.8 Å². The van der Waals surface area contributed by atoms with Crippen molar-refractivity contribution in [3.8, 4) is 0 Å². The average Bonchev–Trinajstić information content (AvgIpc) is 3.05. The first-order chi connectivity index (χ1) is 12.2. The highest BCUT2D eigenvalue weighted by Crippen LogP contribution is 2.35. The number of hydrogen-bond donors (Lipinski definition) is 2. The van der Waals surface area contributed by atoms with Crippen LogP contribution in [-0.2, 0) is 15.8 Å². The predicted octanol–water partition coefficient (Wildman–Crippen LogP) is 3.94. The van der Waals surface area contributed by atoms with Gasteiger partial charge in [0.15, 0.2) is 0 Å². The molecule has 2 rings (SSSR count). The number of benzene rings is 1. The molecule has 0 bridgehead atoms. The molecule has 8 heteroatoms. The molecule has 1 atom stereocenters. The van der Waals surface area contributed by atoms with Gasteiger partial charge in [-0.2, -0.15) is 13.2 Å². The maximum absolute atomic E-state index is 12.8. The maximum Gasteiger partial charge on any atom is 0.417 e. The van der Waals surface area contributed by atoms with Gasteiger partial charge < -0.3 is 10.6 Å². The van der Waals surface area contributed by atoms with Crippen molar-refractivity contribution in [2.45, 2.75) is 50.9 Å². The summed E-state index contributed by atoms with van der Waals surface area (Å²) in [5.74, 6) is -0.841. The minimum absolute atomic E-state index is 0.146. The van der Waals surface area contributed by atoms with Crippen molar-refractivity contribution >= 4 is 29.5 Å². The van der Waals surface area contributed by atoms with Gasteiger partial charge in [-0.15, -0.1) is 0 Å². The topological polar surface area (TPSA) is 58.2 Å². The van der Waals surface area contributed by atoms with Crippen LogP contribution in [0.3, 0.4) is 0 Å². The molecular weight excluding hydrogens is 369 g/mol. The minimum atomic E-state index is -4.57. The zero-order valence-corrected chi connectivity index (χ0v) is 15.0. The van der Waals surface area contributed by atoms with Crippen LogP contribution in [0.5, 0.6) is 0 Å². The Hall–Kier alpha value is -2.02. The molecule has 0 saturated heterocycles. The van der Waals surface area contributed by atoms with Crippen LogP contribution in [0.25, 0.3) is 6.08 Å². The summed E-state index contributed by atoms with van der Waals surface area (Å²) in [5, 5.41) is 4.96. The summed E-state index contributed by atoms with van der Waals surface area (Å²) in [7, 11) is 0. The number of hydrogen-bond acceptors (Lipinski definition) is 2. The second-order valence-corrected chi connectivity index (χ2v) is 6.70. The van der Waals surface area contributed by atoms with Crippen LogP contribution in [0.1, 0.15) is 43.7 Å².